The Kier molecular flexibility index (Phi) is 5.99. The maximum absolute atomic E-state index is 8.97. The molecule has 0 aliphatic heterocycles. The van der Waals surface area contributed by atoms with Gasteiger partial charge in [-0.1, -0.05) is 35.0 Å². The van der Waals surface area contributed by atoms with E-state index in [9.17, 15) is 0 Å². The molecule has 3 rings (SSSR count). The summed E-state index contributed by atoms with van der Waals surface area (Å²) in [5, 5.41) is 10.5. The standard InChI is InChI=1S/C20H20Cl2N4O2/c1-11-8-14(16(21)12(2)17(11)28-3)10-26-9-13(6-4-5-7-27)15-18(22)24-20(23)25-19(15)26/h8-9,27H,5,7,10H2,1-3H3,(H2,23,24,25). The van der Waals surface area contributed by atoms with Crippen molar-refractivity contribution >= 4 is 40.2 Å². The normalized spacial score (nSPS) is 10.8. The number of ether oxygens (including phenoxy) is 1. The summed E-state index contributed by atoms with van der Waals surface area (Å²) in [6, 6.07) is 1.99. The highest BCUT2D eigenvalue weighted by Crippen LogP contribution is 2.34. The highest BCUT2D eigenvalue weighted by atomic mass is 35.5. The number of aliphatic hydroxyl groups excluding tert-OH is 1. The lowest BCUT2D eigenvalue weighted by atomic mass is 10.1. The van der Waals surface area contributed by atoms with Crippen molar-refractivity contribution in [2.24, 2.45) is 0 Å². The molecule has 1 aromatic carbocycles. The molecule has 3 N–H and O–H groups in total. The molecule has 8 heteroatoms. The Hall–Kier alpha value is -2.46. The Morgan fingerprint density at radius 2 is 2.04 bits per heavy atom. The van der Waals surface area contributed by atoms with Crippen molar-refractivity contribution in [1.82, 2.24) is 14.5 Å². The van der Waals surface area contributed by atoms with Crippen LogP contribution in [0.15, 0.2) is 12.3 Å². The van der Waals surface area contributed by atoms with Gasteiger partial charge in [-0.05, 0) is 31.0 Å². The Morgan fingerprint density at radius 3 is 2.71 bits per heavy atom. The lowest BCUT2D eigenvalue weighted by molar-refractivity contribution is 0.305. The molecule has 2 heterocycles. The van der Waals surface area contributed by atoms with Gasteiger partial charge < -0.3 is 20.1 Å². The molecule has 28 heavy (non-hydrogen) atoms. The number of anilines is 1. The van der Waals surface area contributed by atoms with Gasteiger partial charge in [0.25, 0.3) is 0 Å². The van der Waals surface area contributed by atoms with E-state index < -0.39 is 0 Å². The van der Waals surface area contributed by atoms with Crippen molar-refractivity contribution in [3.05, 3.63) is 44.7 Å². The summed E-state index contributed by atoms with van der Waals surface area (Å²) in [4.78, 5) is 8.39. The van der Waals surface area contributed by atoms with Crippen LogP contribution in [-0.2, 0) is 6.54 Å². The molecule has 0 atom stereocenters. The number of nitrogen functional groups attached to an aromatic ring is 1. The van der Waals surface area contributed by atoms with E-state index in [2.05, 4.69) is 21.8 Å². The molecule has 0 unspecified atom stereocenters. The molecule has 0 saturated carbocycles. The molecule has 6 nitrogen and oxygen atoms in total. The molecule has 0 radical (unpaired) electrons. The van der Waals surface area contributed by atoms with Crippen LogP contribution in [0.4, 0.5) is 5.95 Å². The average molecular weight is 419 g/mol. The summed E-state index contributed by atoms with van der Waals surface area (Å²) in [7, 11) is 1.63. The first-order valence-corrected chi connectivity index (χ1v) is 9.37. The van der Waals surface area contributed by atoms with Crippen LogP contribution in [0, 0.1) is 25.7 Å². The SMILES string of the molecule is COc1c(C)cc(Cn2cc(C#CCCO)c3c(Cl)nc(N)nc32)c(Cl)c1C. The number of methoxy groups -OCH3 is 1. The summed E-state index contributed by atoms with van der Waals surface area (Å²) in [6.45, 7) is 4.34. The number of hydrogen-bond acceptors (Lipinski definition) is 5. The molecular weight excluding hydrogens is 399 g/mol. The third-order valence-electron chi connectivity index (χ3n) is 4.39. The van der Waals surface area contributed by atoms with E-state index in [-0.39, 0.29) is 17.7 Å². The quantitative estimate of drug-likeness (QED) is 0.497. The second-order valence-electron chi connectivity index (χ2n) is 6.34. The van der Waals surface area contributed by atoms with Gasteiger partial charge in [-0.2, -0.15) is 4.98 Å². The van der Waals surface area contributed by atoms with Crippen molar-refractivity contribution in [1.29, 1.82) is 0 Å². The van der Waals surface area contributed by atoms with Gasteiger partial charge in [-0.15, -0.1) is 0 Å². The third-order valence-corrected chi connectivity index (χ3v) is 5.19. The van der Waals surface area contributed by atoms with Crippen molar-refractivity contribution in [2.75, 3.05) is 19.5 Å². The Morgan fingerprint density at radius 1 is 1.29 bits per heavy atom. The van der Waals surface area contributed by atoms with E-state index in [0.717, 1.165) is 22.4 Å². The van der Waals surface area contributed by atoms with Crippen LogP contribution < -0.4 is 10.5 Å². The van der Waals surface area contributed by atoms with E-state index in [1.54, 1.807) is 7.11 Å². The summed E-state index contributed by atoms with van der Waals surface area (Å²) in [5.74, 6) is 6.79. The van der Waals surface area contributed by atoms with Crippen LogP contribution in [-0.4, -0.2) is 33.4 Å². The molecule has 146 valence electrons. The predicted octanol–water partition coefficient (Wildman–Crippen LogP) is 3.73. The number of nitrogens with two attached hydrogens (primary N) is 1. The molecule has 0 fully saturated rings. The van der Waals surface area contributed by atoms with Crippen molar-refractivity contribution in [3.63, 3.8) is 0 Å². The number of fused-ring (bicyclic) bond motifs is 1. The van der Waals surface area contributed by atoms with Crippen LogP contribution in [0.2, 0.25) is 10.2 Å². The first-order chi connectivity index (χ1) is 13.4. The van der Waals surface area contributed by atoms with E-state index >= 15 is 0 Å². The van der Waals surface area contributed by atoms with Crippen LogP contribution in [0.5, 0.6) is 5.75 Å². The number of nitrogens with zero attached hydrogens (tertiary/aromatic N) is 3. The average Bonchev–Trinajstić information content (AvgIpc) is 2.98. The number of hydrogen-bond donors (Lipinski definition) is 2. The van der Waals surface area contributed by atoms with Crippen LogP contribution in [0.25, 0.3) is 11.0 Å². The minimum absolute atomic E-state index is 0.0111. The first-order valence-electron chi connectivity index (χ1n) is 8.61. The number of aryl methyl sites for hydroxylation is 1. The maximum atomic E-state index is 8.97. The van der Waals surface area contributed by atoms with E-state index in [0.29, 0.717) is 34.6 Å². The molecule has 0 bridgehead atoms. The third kappa shape index (κ3) is 3.74. The number of halogens is 2. The lowest BCUT2D eigenvalue weighted by Crippen LogP contribution is -2.04. The minimum atomic E-state index is -0.0111. The molecule has 0 saturated heterocycles. The number of aromatic nitrogens is 3. The fourth-order valence-corrected chi connectivity index (χ4v) is 3.70. The van der Waals surface area contributed by atoms with Crippen molar-refractivity contribution in [2.45, 2.75) is 26.8 Å². The summed E-state index contributed by atoms with van der Waals surface area (Å²) >= 11 is 12.9. The lowest BCUT2D eigenvalue weighted by Gasteiger charge is -2.15. The Labute approximate surface area is 173 Å². The molecule has 0 spiro atoms. The van der Waals surface area contributed by atoms with Crippen LogP contribution in [0.1, 0.15) is 28.7 Å². The van der Waals surface area contributed by atoms with Crippen LogP contribution in [0.3, 0.4) is 0 Å². The smallest absolute Gasteiger partial charge is 0.223 e. The number of benzene rings is 1. The Balaban J connectivity index is 2.16. The first kappa shape index (κ1) is 20.3. The predicted molar refractivity (Wildman–Crippen MR) is 112 cm³/mol. The van der Waals surface area contributed by atoms with Gasteiger partial charge in [0.05, 0.1) is 36.2 Å². The molecule has 0 aliphatic carbocycles. The second kappa shape index (κ2) is 8.27. The van der Waals surface area contributed by atoms with E-state index in [4.69, 9.17) is 38.8 Å². The monoisotopic (exact) mass is 418 g/mol. The topological polar surface area (TPSA) is 86.2 Å². The fourth-order valence-electron chi connectivity index (χ4n) is 3.23. The molecule has 3 aromatic rings. The van der Waals surface area contributed by atoms with Gasteiger partial charge in [-0.3, -0.25) is 0 Å². The maximum Gasteiger partial charge on any atom is 0.223 e. The molecular formula is C20H20Cl2N4O2. The van der Waals surface area contributed by atoms with Crippen molar-refractivity contribution < 1.29 is 9.84 Å². The molecule has 0 amide bonds. The van der Waals surface area contributed by atoms with E-state index in [1.807, 2.05) is 30.7 Å². The highest BCUT2D eigenvalue weighted by molar-refractivity contribution is 6.34. The summed E-state index contributed by atoms with van der Waals surface area (Å²) in [5.41, 5.74) is 9.84. The zero-order valence-electron chi connectivity index (χ0n) is 15.8. The zero-order chi connectivity index (χ0) is 20.4. The minimum Gasteiger partial charge on any atom is -0.496 e. The van der Waals surface area contributed by atoms with E-state index in [1.165, 1.54) is 0 Å². The molecule has 2 aromatic heterocycles. The number of aliphatic hydroxyl groups is 1. The van der Waals surface area contributed by atoms with Gasteiger partial charge >= 0.3 is 0 Å². The summed E-state index contributed by atoms with van der Waals surface area (Å²) < 4.78 is 7.34. The van der Waals surface area contributed by atoms with Gasteiger partial charge in [0.2, 0.25) is 5.95 Å². The number of rotatable bonds is 4. The fraction of sp³-hybridized carbons (Fsp3) is 0.300. The molecule has 0 aliphatic rings. The van der Waals surface area contributed by atoms with Gasteiger partial charge in [0.15, 0.2) is 0 Å². The summed E-state index contributed by atoms with van der Waals surface area (Å²) in [6.07, 6.45) is 2.21. The van der Waals surface area contributed by atoms with Gasteiger partial charge in [0.1, 0.15) is 16.5 Å². The highest BCUT2D eigenvalue weighted by Gasteiger charge is 2.17. The van der Waals surface area contributed by atoms with Gasteiger partial charge in [0, 0.05) is 18.2 Å². The largest absolute Gasteiger partial charge is 0.496 e. The Bertz CT molecular complexity index is 1110. The second-order valence-corrected chi connectivity index (χ2v) is 7.08. The van der Waals surface area contributed by atoms with Gasteiger partial charge in [-0.25, -0.2) is 4.98 Å². The van der Waals surface area contributed by atoms with Crippen LogP contribution >= 0.6 is 23.2 Å². The van der Waals surface area contributed by atoms with Crippen molar-refractivity contribution in [3.8, 4) is 17.6 Å². The zero-order valence-corrected chi connectivity index (χ0v) is 17.3.